The standard InChI is InChI=1S/C17H18F2N4O5S/c1-22-16(26)14(24)13(21-17(22)23-6-2-3-7-29(23,27)28)15(25)20-9-10-8-11(18)4-5-12(10)19/h4-5,8,24H,2-3,6-7,9H2,1H3,(H,20,25). The molecule has 1 aromatic carbocycles. The molecular formula is C17H18F2N4O5S. The molecule has 1 amide bonds. The summed E-state index contributed by atoms with van der Waals surface area (Å²) < 4.78 is 53.3. The van der Waals surface area contributed by atoms with Crippen LogP contribution < -0.4 is 15.2 Å². The van der Waals surface area contributed by atoms with Crippen molar-refractivity contribution in [1.29, 1.82) is 0 Å². The molecule has 0 spiro atoms. The van der Waals surface area contributed by atoms with E-state index in [-0.39, 0.29) is 23.8 Å². The summed E-state index contributed by atoms with van der Waals surface area (Å²) in [5.74, 6) is -3.93. The Morgan fingerprint density at radius 2 is 2.03 bits per heavy atom. The molecule has 9 nitrogen and oxygen atoms in total. The Hall–Kier alpha value is -3.02. The highest BCUT2D eigenvalue weighted by atomic mass is 32.2. The molecule has 1 aliphatic rings. The molecule has 2 aromatic rings. The lowest BCUT2D eigenvalue weighted by atomic mass is 10.2. The van der Waals surface area contributed by atoms with Gasteiger partial charge in [0.15, 0.2) is 5.69 Å². The average molecular weight is 428 g/mol. The second kappa shape index (κ2) is 7.78. The summed E-state index contributed by atoms with van der Waals surface area (Å²) in [6, 6.07) is 2.70. The molecule has 0 unspecified atom stereocenters. The van der Waals surface area contributed by atoms with Crippen molar-refractivity contribution in [3.63, 3.8) is 0 Å². The molecule has 29 heavy (non-hydrogen) atoms. The fourth-order valence-electron chi connectivity index (χ4n) is 2.91. The van der Waals surface area contributed by atoms with E-state index in [4.69, 9.17) is 0 Å². The van der Waals surface area contributed by atoms with E-state index in [0.29, 0.717) is 12.8 Å². The molecule has 1 aliphatic heterocycles. The average Bonchev–Trinajstić information content (AvgIpc) is 2.67. The molecule has 1 aromatic heterocycles. The van der Waals surface area contributed by atoms with Crippen molar-refractivity contribution in [2.75, 3.05) is 16.6 Å². The summed E-state index contributed by atoms with van der Waals surface area (Å²) in [5, 5.41) is 12.3. The summed E-state index contributed by atoms with van der Waals surface area (Å²) in [6.07, 6.45) is 0.994. The van der Waals surface area contributed by atoms with E-state index in [0.717, 1.165) is 27.1 Å². The van der Waals surface area contributed by atoms with Gasteiger partial charge in [-0.3, -0.25) is 14.2 Å². The lowest BCUT2D eigenvalue weighted by molar-refractivity contribution is 0.0942. The first-order valence-corrected chi connectivity index (χ1v) is 10.3. The van der Waals surface area contributed by atoms with Crippen LogP contribution in [0.1, 0.15) is 28.9 Å². The van der Waals surface area contributed by atoms with Crippen molar-refractivity contribution in [3.05, 3.63) is 51.4 Å². The van der Waals surface area contributed by atoms with Gasteiger partial charge in [-0.15, -0.1) is 0 Å². The van der Waals surface area contributed by atoms with Crippen LogP contribution in [-0.2, 0) is 23.6 Å². The quantitative estimate of drug-likeness (QED) is 0.737. The number of carbonyl (C=O) groups excluding carboxylic acids is 1. The minimum absolute atomic E-state index is 0.0724. The smallest absolute Gasteiger partial charge is 0.297 e. The van der Waals surface area contributed by atoms with Gasteiger partial charge in [0.05, 0.1) is 5.75 Å². The number of benzene rings is 1. The van der Waals surface area contributed by atoms with E-state index in [1.54, 1.807) is 0 Å². The van der Waals surface area contributed by atoms with Gasteiger partial charge >= 0.3 is 0 Å². The maximum absolute atomic E-state index is 13.7. The van der Waals surface area contributed by atoms with E-state index in [2.05, 4.69) is 10.3 Å². The van der Waals surface area contributed by atoms with Gasteiger partial charge in [0.1, 0.15) is 11.6 Å². The Balaban J connectivity index is 1.94. The summed E-state index contributed by atoms with van der Waals surface area (Å²) >= 11 is 0. The molecule has 1 fully saturated rings. The number of aromatic nitrogens is 2. The van der Waals surface area contributed by atoms with E-state index in [9.17, 15) is 31.9 Å². The number of amides is 1. The Kier molecular flexibility index (Phi) is 5.55. The van der Waals surface area contributed by atoms with Gasteiger partial charge in [0, 0.05) is 25.7 Å². The first kappa shape index (κ1) is 20.7. The molecular weight excluding hydrogens is 410 g/mol. The van der Waals surface area contributed by atoms with E-state index >= 15 is 0 Å². The van der Waals surface area contributed by atoms with Crippen LogP contribution in [0, 0.1) is 11.6 Å². The van der Waals surface area contributed by atoms with Gasteiger partial charge in [-0.25, -0.2) is 26.5 Å². The predicted molar refractivity (Wildman–Crippen MR) is 99.0 cm³/mol. The Morgan fingerprint density at radius 1 is 1.31 bits per heavy atom. The van der Waals surface area contributed by atoms with Gasteiger partial charge in [0.25, 0.3) is 11.5 Å². The molecule has 0 radical (unpaired) electrons. The minimum Gasteiger partial charge on any atom is -0.501 e. The third-order valence-electron chi connectivity index (χ3n) is 4.48. The highest BCUT2D eigenvalue weighted by Crippen LogP contribution is 2.22. The van der Waals surface area contributed by atoms with E-state index < -0.39 is 51.1 Å². The van der Waals surface area contributed by atoms with E-state index in [1.807, 2.05) is 0 Å². The summed E-state index contributed by atoms with van der Waals surface area (Å²) in [5.41, 5.74) is -1.88. The van der Waals surface area contributed by atoms with Gasteiger partial charge in [-0.1, -0.05) is 0 Å². The van der Waals surface area contributed by atoms with Gasteiger partial charge in [-0.2, -0.15) is 0 Å². The van der Waals surface area contributed by atoms with Crippen molar-refractivity contribution in [2.24, 2.45) is 7.05 Å². The van der Waals surface area contributed by atoms with Gasteiger partial charge in [-0.05, 0) is 31.0 Å². The Bertz CT molecular complexity index is 1130. The third-order valence-corrected chi connectivity index (χ3v) is 6.30. The number of carbonyl (C=O) groups is 1. The molecule has 0 saturated carbocycles. The van der Waals surface area contributed by atoms with Crippen molar-refractivity contribution < 1.29 is 27.1 Å². The second-order valence-electron chi connectivity index (χ2n) is 6.49. The highest BCUT2D eigenvalue weighted by molar-refractivity contribution is 7.92. The minimum atomic E-state index is -3.73. The van der Waals surface area contributed by atoms with Crippen LogP contribution in [0.2, 0.25) is 0 Å². The zero-order valence-corrected chi connectivity index (χ0v) is 16.2. The molecule has 3 rings (SSSR count). The highest BCUT2D eigenvalue weighted by Gasteiger charge is 2.31. The number of halogens is 2. The SMILES string of the molecule is Cn1c(N2CCCCS2(=O)=O)nc(C(=O)NCc2cc(F)ccc2F)c(O)c1=O. The van der Waals surface area contributed by atoms with Crippen LogP contribution in [0.4, 0.5) is 14.7 Å². The second-order valence-corrected chi connectivity index (χ2v) is 8.50. The zero-order chi connectivity index (χ0) is 21.3. The van der Waals surface area contributed by atoms with Crippen LogP contribution >= 0.6 is 0 Å². The molecule has 0 atom stereocenters. The van der Waals surface area contributed by atoms with Crippen molar-refractivity contribution in [2.45, 2.75) is 19.4 Å². The van der Waals surface area contributed by atoms with Crippen LogP contribution in [0.5, 0.6) is 5.75 Å². The number of rotatable bonds is 4. The monoisotopic (exact) mass is 428 g/mol. The number of hydrogen-bond donors (Lipinski definition) is 2. The first-order chi connectivity index (χ1) is 13.6. The Morgan fingerprint density at radius 3 is 2.72 bits per heavy atom. The summed E-state index contributed by atoms with van der Waals surface area (Å²) in [4.78, 5) is 28.6. The Labute approximate surface area is 164 Å². The van der Waals surface area contributed by atoms with Crippen LogP contribution in [0.25, 0.3) is 0 Å². The lowest BCUT2D eigenvalue weighted by Gasteiger charge is -2.28. The number of sulfonamides is 1. The van der Waals surface area contributed by atoms with Crippen LogP contribution in [0.15, 0.2) is 23.0 Å². The molecule has 156 valence electrons. The third kappa shape index (κ3) is 4.06. The molecule has 2 heterocycles. The fraction of sp³-hybridized carbons (Fsp3) is 0.353. The summed E-state index contributed by atoms with van der Waals surface area (Å²) in [7, 11) is -2.51. The number of nitrogens with zero attached hydrogens (tertiary/aromatic N) is 3. The van der Waals surface area contributed by atoms with Gasteiger partial charge < -0.3 is 10.4 Å². The molecule has 0 bridgehead atoms. The summed E-state index contributed by atoms with van der Waals surface area (Å²) in [6.45, 7) is -0.362. The van der Waals surface area contributed by atoms with Crippen molar-refractivity contribution in [1.82, 2.24) is 14.9 Å². The van der Waals surface area contributed by atoms with E-state index in [1.165, 1.54) is 7.05 Å². The topological polar surface area (TPSA) is 122 Å². The molecule has 2 N–H and O–H groups in total. The molecule has 1 saturated heterocycles. The first-order valence-electron chi connectivity index (χ1n) is 8.64. The number of hydrogen-bond acceptors (Lipinski definition) is 6. The molecule has 12 heteroatoms. The van der Waals surface area contributed by atoms with Crippen molar-refractivity contribution >= 4 is 21.9 Å². The molecule has 0 aliphatic carbocycles. The maximum atomic E-state index is 13.7. The van der Waals surface area contributed by atoms with Crippen molar-refractivity contribution in [3.8, 4) is 5.75 Å². The van der Waals surface area contributed by atoms with Gasteiger partial charge in [0.2, 0.25) is 21.7 Å². The predicted octanol–water partition coefficient (Wildman–Crippen LogP) is 0.624. The number of anilines is 1. The normalized spacial score (nSPS) is 15.9. The zero-order valence-electron chi connectivity index (χ0n) is 15.4. The van der Waals surface area contributed by atoms with Crippen LogP contribution in [0.3, 0.4) is 0 Å². The largest absolute Gasteiger partial charge is 0.501 e. The number of nitrogens with one attached hydrogen (secondary N) is 1. The number of aromatic hydroxyl groups is 1. The maximum Gasteiger partial charge on any atom is 0.297 e. The fourth-order valence-corrected chi connectivity index (χ4v) is 4.52. The lowest BCUT2D eigenvalue weighted by Crippen LogP contribution is -2.42. The van der Waals surface area contributed by atoms with Crippen LogP contribution in [-0.4, -0.2) is 41.3 Å².